The highest BCUT2D eigenvalue weighted by atomic mass is 16.5. The Bertz CT molecular complexity index is 399. The van der Waals surface area contributed by atoms with Crippen LogP contribution in [0.2, 0.25) is 0 Å². The number of para-hydroxylation sites is 1. The molecule has 0 N–H and O–H groups in total. The van der Waals surface area contributed by atoms with Crippen molar-refractivity contribution in [1.29, 1.82) is 5.26 Å². The third-order valence-electron chi connectivity index (χ3n) is 2.60. The van der Waals surface area contributed by atoms with E-state index in [4.69, 9.17) is 10.00 Å². The Hall–Kier alpha value is -1.49. The summed E-state index contributed by atoms with van der Waals surface area (Å²) in [6.45, 7) is 4.24. The Morgan fingerprint density at radius 1 is 1.40 bits per heavy atom. The van der Waals surface area contributed by atoms with Gasteiger partial charge in [0.2, 0.25) is 0 Å². The van der Waals surface area contributed by atoms with Crippen LogP contribution in [0, 0.1) is 11.3 Å². The average molecular weight is 201 g/mol. The fourth-order valence-corrected chi connectivity index (χ4v) is 1.58. The molecule has 78 valence electrons. The number of nitrogens with zero attached hydrogens (tertiary/aromatic N) is 1. The molecule has 1 fully saturated rings. The van der Waals surface area contributed by atoms with Gasteiger partial charge in [-0.15, -0.1) is 0 Å². The fraction of sp³-hybridized carbons (Fsp3) is 0.462. The number of rotatable bonds is 3. The van der Waals surface area contributed by atoms with Crippen molar-refractivity contribution in [2.45, 2.75) is 38.7 Å². The van der Waals surface area contributed by atoms with Crippen molar-refractivity contribution in [2.75, 3.05) is 0 Å². The van der Waals surface area contributed by atoms with Crippen LogP contribution in [0.5, 0.6) is 5.75 Å². The molecule has 1 saturated carbocycles. The summed E-state index contributed by atoms with van der Waals surface area (Å²) in [6.07, 6.45) is 2.59. The van der Waals surface area contributed by atoms with Gasteiger partial charge in [0.1, 0.15) is 11.8 Å². The minimum absolute atomic E-state index is 0.344. The summed E-state index contributed by atoms with van der Waals surface area (Å²) < 4.78 is 5.82. The van der Waals surface area contributed by atoms with Gasteiger partial charge in [-0.1, -0.05) is 26.0 Å². The summed E-state index contributed by atoms with van der Waals surface area (Å²) in [5.41, 5.74) is 1.80. The number of ether oxygens (including phenoxy) is 1. The molecule has 0 spiro atoms. The smallest absolute Gasteiger partial charge is 0.140 e. The van der Waals surface area contributed by atoms with Crippen molar-refractivity contribution in [3.8, 4) is 11.8 Å². The monoisotopic (exact) mass is 201 g/mol. The molecule has 15 heavy (non-hydrogen) atoms. The molecule has 0 radical (unpaired) electrons. The molecule has 1 aromatic carbocycles. The van der Waals surface area contributed by atoms with Gasteiger partial charge in [0, 0.05) is 0 Å². The first-order chi connectivity index (χ1) is 7.22. The maximum Gasteiger partial charge on any atom is 0.140 e. The standard InChI is InChI=1S/C13H15NO/c1-9(2)12-5-3-4-10(8-14)13(12)15-11-6-7-11/h3-5,9,11H,6-7H2,1-2H3. The zero-order chi connectivity index (χ0) is 10.8. The Morgan fingerprint density at radius 3 is 2.67 bits per heavy atom. The van der Waals surface area contributed by atoms with E-state index in [0.29, 0.717) is 17.6 Å². The van der Waals surface area contributed by atoms with Crippen LogP contribution >= 0.6 is 0 Å². The van der Waals surface area contributed by atoms with Gasteiger partial charge in [-0.05, 0) is 30.4 Å². The van der Waals surface area contributed by atoms with E-state index < -0.39 is 0 Å². The molecule has 2 nitrogen and oxygen atoms in total. The van der Waals surface area contributed by atoms with E-state index in [9.17, 15) is 0 Å². The fourth-order valence-electron chi connectivity index (χ4n) is 1.58. The van der Waals surface area contributed by atoms with Crippen molar-refractivity contribution in [1.82, 2.24) is 0 Å². The van der Waals surface area contributed by atoms with E-state index >= 15 is 0 Å². The zero-order valence-electron chi connectivity index (χ0n) is 9.16. The number of nitriles is 1. The lowest BCUT2D eigenvalue weighted by atomic mass is 9.99. The summed E-state index contributed by atoms with van der Waals surface area (Å²) in [5, 5.41) is 9.03. The van der Waals surface area contributed by atoms with Crippen LogP contribution in [0.15, 0.2) is 18.2 Å². The first-order valence-electron chi connectivity index (χ1n) is 5.42. The van der Waals surface area contributed by atoms with Crippen LogP contribution in [0.1, 0.15) is 43.7 Å². The Kier molecular flexibility index (Phi) is 2.64. The van der Waals surface area contributed by atoms with Crippen LogP contribution in [0.25, 0.3) is 0 Å². The minimum Gasteiger partial charge on any atom is -0.489 e. The summed E-state index contributed by atoms with van der Waals surface area (Å²) >= 11 is 0. The normalized spacial score (nSPS) is 15.1. The van der Waals surface area contributed by atoms with Crippen LogP contribution in [0.4, 0.5) is 0 Å². The predicted octanol–water partition coefficient (Wildman–Crippen LogP) is 3.22. The maximum absolute atomic E-state index is 9.03. The quantitative estimate of drug-likeness (QED) is 0.752. The summed E-state index contributed by atoms with van der Waals surface area (Å²) in [4.78, 5) is 0. The SMILES string of the molecule is CC(C)c1cccc(C#N)c1OC1CC1. The van der Waals surface area contributed by atoms with Gasteiger partial charge in [0.15, 0.2) is 0 Å². The molecule has 2 heteroatoms. The third-order valence-corrected chi connectivity index (χ3v) is 2.60. The van der Waals surface area contributed by atoms with Gasteiger partial charge in [0.25, 0.3) is 0 Å². The van der Waals surface area contributed by atoms with Gasteiger partial charge in [0.05, 0.1) is 11.7 Å². The van der Waals surface area contributed by atoms with E-state index in [-0.39, 0.29) is 0 Å². The molecule has 0 unspecified atom stereocenters. The molecule has 0 atom stereocenters. The lowest BCUT2D eigenvalue weighted by molar-refractivity contribution is 0.298. The first kappa shape index (κ1) is 10.0. The predicted molar refractivity (Wildman–Crippen MR) is 58.9 cm³/mol. The molecule has 0 aromatic heterocycles. The Balaban J connectivity index is 2.39. The minimum atomic E-state index is 0.344. The van der Waals surface area contributed by atoms with Crippen LogP contribution in [-0.2, 0) is 0 Å². The van der Waals surface area contributed by atoms with Crippen molar-refractivity contribution >= 4 is 0 Å². The van der Waals surface area contributed by atoms with Crippen molar-refractivity contribution in [3.63, 3.8) is 0 Å². The molecular formula is C13H15NO. The lowest BCUT2D eigenvalue weighted by Crippen LogP contribution is -2.03. The van der Waals surface area contributed by atoms with Crippen molar-refractivity contribution in [2.24, 2.45) is 0 Å². The zero-order valence-corrected chi connectivity index (χ0v) is 9.16. The second-order valence-electron chi connectivity index (χ2n) is 4.31. The van der Waals surface area contributed by atoms with Gasteiger partial charge in [-0.25, -0.2) is 0 Å². The molecule has 0 aliphatic heterocycles. The summed E-state index contributed by atoms with van der Waals surface area (Å²) in [7, 11) is 0. The highest BCUT2D eigenvalue weighted by molar-refractivity contribution is 5.49. The highest BCUT2D eigenvalue weighted by Crippen LogP contribution is 2.34. The van der Waals surface area contributed by atoms with E-state index in [1.165, 1.54) is 0 Å². The second kappa shape index (κ2) is 3.94. The number of hydrogen-bond acceptors (Lipinski definition) is 2. The molecule has 1 aliphatic rings. The summed E-state index contributed by atoms with van der Waals surface area (Å²) in [6, 6.07) is 7.99. The number of benzene rings is 1. The van der Waals surface area contributed by atoms with E-state index in [1.54, 1.807) is 0 Å². The van der Waals surface area contributed by atoms with Gasteiger partial charge < -0.3 is 4.74 Å². The molecule has 1 aromatic rings. The van der Waals surface area contributed by atoms with Crippen molar-refractivity contribution in [3.05, 3.63) is 29.3 Å². The van der Waals surface area contributed by atoms with Crippen LogP contribution in [-0.4, -0.2) is 6.10 Å². The Morgan fingerprint density at radius 2 is 2.13 bits per heavy atom. The summed E-state index contributed by atoms with van der Waals surface area (Å²) in [5.74, 6) is 1.20. The second-order valence-corrected chi connectivity index (χ2v) is 4.31. The molecular weight excluding hydrogens is 186 g/mol. The average Bonchev–Trinajstić information content (AvgIpc) is 3.01. The van der Waals surface area contributed by atoms with E-state index in [0.717, 1.165) is 24.2 Å². The van der Waals surface area contributed by atoms with Crippen LogP contribution < -0.4 is 4.74 Å². The third kappa shape index (κ3) is 2.12. The first-order valence-corrected chi connectivity index (χ1v) is 5.42. The van der Waals surface area contributed by atoms with Gasteiger partial charge in [-0.3, -0.25) is 0 Å². The molecule has 0 saturated heterocycles. The molecule has 0 bridgehead atoms. The van der Waals surface area contributed by atoms with E-state index in [2.05, 4.69) is 19.9 Å². The molecule has 1 aliphatic carbocycles. The Labute approximate surface area is 90.5 Å². The van der Waals surface area contributed by atoms with Gasteiger partial charge >= 0.3 is 0 Å². The van der Waals surface area contributed by atoms with E-state index in [1.807, 2.05) is 18.2 Å². The van der Waals surface area contributed by atoms with Crippen LogP contribution in [0.3, 0.4) is 0 Å². The lowest BCUT2D eigenvalue weighted by Gasteiger charge is -2.14. The maximum atomic E-state index is 9.03. The molecule has 0 heterocycles. The highest BCUT2D eigenvalue weighted by Gasteiger charge is 2.26. The topological polar surface area (TPSA) is 33.0 Å². The molecule has 2 rings (SSSR count). The van der Waals surface area contributed by atoms with Crippen molar-refractivity contribution < 1.29 is 4.74 Å². The van der Waals surface area contributed by atoms with Gasteiger partial charge in [-0.2, -0.15) is 5.26 Å². The largest absolute Gasteiger partial charge is 0.489 e. The molecule has 0 amide bonds. The number of hydrogen-bond donors (Lipinski definition) is 0.